The smallest absolute Gasteiger partial charge is 0.246 e. The molecular weight excluding hydrogens is 264 g/mol. The summed E-state index contributed by atoms with van der Waals surface area (Å²) in [7, 11) is -2.04. The number of aryl methyl sites for hydroxylation is 2. The molecule has 0 amide bonds. The van der Waals surface area contributed by atoms with Crippen LogP contribution >= 0.6 is 0 Å². The van der Waals surface area contributed by atoms with Crippen LogP contribution in [0.4, 0.5) is 0 Å². The second kappa shape index (κ2) is 5.11. The maximum absolute atomic E-state index is 12.7. The van der Waals surface area contributed by atoms with Gasteiger partial charge in [-0.05, 0) is 37.5 Å². The summed E-state index contributed by atoms with van der Waals surface area (Å²) in [6.45, 7) is 4.57. The number of ether oxygens (including phenoxy) is 1. The summed E-state index contributed by atoms with van der Waals surface area (Å²) >= 11 is 0. The van der Waals surface area contributed by atoms with Crippen LogP contribution in [-0.2, 0) is 10.0 Å². The third-order valence-electron chi connectivity index (χ3n) is 3.39. The number of sulfonamides is 1. The van der Waals surface area contributed by atoms with Crippen molar-refractivity contribution in [1.29, 1.82) is 0 Å². The van der Waals surface area contributed by atoms with Gasteiger partial charge in [-0.3, -0.25) is 0 Å². The Bertz CT molecular complexity index is 584. The molecule has 1 fully saturated rings. The van der Waals surface area contributed by atoms with E-state index < -0.39 is 10.0 Å². The van der Waals surface area contributed by atoms with E-state index in [1.807, 2.05) is 19.9 Å². The largest absolute Gasteiger partial charge is 0.495 e. The summed E-state index contributed by atoms with van der Waals surface area (Å²) in [5.41, 5.74) is 7.52. The average Bonchev–Trinajstić information content (AvgIpc) is 2.75. The van der Waals surface area contributed by atoms with Gasteiger partial charge in [0.15, 0.2) is 0 Å². The van der Waals surface area contributed by atoms with Gasteiger partial charge in [0.2, 0.25) is 10.0 Å². The van der Waals surface area contributed by atoms with Gasteiger partial charge in [0.1, 0.15) is 10.6 Å². The molecule has 0 radical (unpaired) electrons. The first-order valence-electron chi connectivity index (χ1n) is 6.27. The quantitative estimate of drug-likeness (QED) is 0.900. The number of methoxy groups -OCH3 is 1. The summed E-state index contributed by atoms with van der Waals surface area (Å²) < 4.78 is 32.0. The van der Waals surface area contributed by atoms with Gasteiger partial charge in [0.05, 0.1) is 7.11 Å². The number of rotatable bonds is 3. The topological polar surface area (TPSA) is 72.6 Å². The Hall–Kier alpha value is -1.11. The van der Waals surface area contributed by atoms with Crippen LogP contribution in [0.25, 0.3) is 0 Å². The monoisotopic (exact) mass is 284 g/mol. The highest BCUT2D eigenvalue weighted by Crippen LogP contribution is 2.32. The van der Waals surface area contributed by atoms with Gasteiger partial charge in [-0.1, -0.05) is 6.07 Å². The Morgan fingerprint density at radius 1 is 1.37 bits per heavy atom. The van der Waals surface area contributed by atoms with E-state index in [-0.39, 0.29) is 10.9 Å². The van der Waals surface area contributed by atoms with Crippen molar-refractivity contribution in [2.24, 2.45) is 5.73 Å². The van der Waals surface area contributed by atoms with Crippen molar-refractivity contribution in [1.82, 2.24) is 4.31 Å². The predicted molar refractivity (Wildman–Crippen MR) is 73.8 cm³/mol. The zero-order chi connectivity index (χ0) is 14.2. The minimum absolute atomic E-state index is 0.0772. The molecule has 6 heteroatoms. The summed E-state index contributed by atoms with van der Waals surface area (Å²) in [5.74, 6) is 0.422. The van der Waals surface area contributed by atoms with E-state index in [1.54, 1.807) is 6.07 Å². The summed E-state index contributed by atoms with van der Waals surface area (Å²) in [4.78, 5) is 0.238. The molecule has 1 aliphatic rings. The number of hydrogen-bond donors (Lipinski definition) is 1. The van der Waals surface area contributed by atoms with Crippen LogP contribution in [0.2, 0.25) is 0 Å². The van der Waals surface area contributed by atoms with Crippen LogP contribution in [0.3, 0.4) is 0 Å². The highest BCUT2D eigenvalue weighted by Gasteiger charge is 2.33. The van der Waals surface area contributed by atoms with Gasteiger partial charge < -0.3 is 10.5 Å². The Morgan fingerprint density at radius 3 is 2.58 bits per heavy atom. The fourth-order valence-electron chi connectivity index (χ4n) is 2.48. The first-order chi connectivity index (χ1) is 8.86. The van der Waals surface area contributed by atoms with Crippen molar-refractivity contribution in [3.63, 3.8) is 0 Å². The minimum atomic E-state index is -3.53. The normalized spacial score (nSPS) is 20.7. The van der Waals surface area contributed by atoms with Crippen LogP contribution in [0.1, 0.15) is 17.5 Å². The second-order valence-corrected chi connectivity index (χ2v) is 6.93. The van der Waals surface area contributed by atoms with Crippen LogP contribution in [0.15, 0.2) is 17.0 Å². The lowest BCUT2D eigenvalue weighted by molar-refractivity contribution is 0.395. The fraction of sp³-hybridized carbons (Fsp3) is 0.538. The van der Waals surface area contributed by atoms with Crippen molar-refractivity contribution >= 4 is 10.0 Å². The third kappa shape index (κ3) is 2.61. The maximum atomic E-state index is 12.7. The molecule has 106 valence electrons. The highest BCUT2D eigenvalue weighted by atomic mass is 32.2. The van der Waals surface area contributed by atoms with Gasteiger partial charge in [-0.25, -0.2) is 8.42 Å². The summed E-state index contributed by atoms with van der Waals surface area (Å²) in [5, 5.41) is 0. The molecule has 1 aromatic rings. The first-order valence-corrected chi connectivity index (χ1v) is 7.71. The molecule has 2 rings (SSSR count). The van der Waals surface area contributed by atoms with Crippen molar-refractivity contribution < 1.29 is 13.2 Å². The zero-order valence-corrected chi connectivity index (χ0v) is 12.3. The van der Waals surface area contributed by atoms with E-state index in [2.05, 4.69) is 0 Å². The summed E-state index contributed by atoms with van der Waals surface area (Å²) in [6.07, 6.45) is 0.701. The zero-order valence-electron chi connectivity index (χ0n) is 11.5. The van der Waals surface area contributed by atoms with E-state index in [9.17, 15) is 8.42 Å². The predicted octanol–water partition coefficient (Wildman–Crippen LogP) is 1.03. The summed E-state index contributed by atoms with van der Waals surface area (Å²) in [6, 6.07) is 3.49. The Kier molecular flexibility index (Phi) is 3.85. The highest BCUT2D eigenvalue weighted by molar-refractivity contribution is 7.89. The molecular formula is C13H20N2O3S. The number of nitrogens with zero attached hydrogens (tertiary/aromatic N) is 1. The molecule has 0 spiro atoms. The standard InChI is InChI=1S/C13H20N2O3S/c1-9-6-10(2)13(18-3)12(7-9)19(16,17)15-5-4-11(14)8-15/h6-7,11H,4-5,8,14H2,1-3H3. The van der Waals surface area contributed by atoms with Crippen molar-refractivity contribution in [3.05, 3.63) is 23.3 Å². The lowest BCUT2D eigenvalue weighted by atomic mass is 10.1. The molecule has 1 aromatic carbocycles. The molecule has 0 saturated carbocycles. The Labute approximate surface area is 114 Å². The van der Waals surface area contributed by atoms with Gasteiger partial charge >= 0.3 is 0 Å². The molecule has 1 saturated heterocycles. The fourth-order valence-corrected chi connectivity index (χ4v) is 4.31. The van der Waals surface area contributed by atoms with E-state index in [4.69, 9.17) is 10.5 Å². The van der Waals surface area contributed by atoms with Crippen molar-refractivity contribution in [2.75, 3.05) is 20.2 Å². The molecule has 0 bridgehead atoms. The van der Waals surface area contributed by atoms with Crippen molar-refractivity contribution in [3.8, 4) is 5.75 Å². The minimum Gasteiger partial charge on any atom is -0.495 e. The molecule has 5 nitrogen and oxygen atoms in total. The van der Waals surface area contributed by atoms with E-state index in [1.165, 1.54) is 11.4 Å². The molecule has 0 aromatic heterocycles. The van der Waals surface area contributed by atoms with E-state index in [0.29, 0.717) is 25.3 Å². The van der Waals surface area contributed by atoms with Crippen LogP contribution in [0.5, 0.6) is 5.75 Å². The van der Waals surface area contributed by atoms with Gasteiger partial charge in [-0.15, -0.1) is 0 Å². The second-order valence-electron chi connectivity index (χ2n) is 5.03. The lowest BCUT2D eigenvalue weighted by Crippen LogP contribution is -2.32. The van der Waals surface area contributed by atoms with Crippen LogP contribution in [0, 0.1) is 13.8 Å². The molecule has 0 aliphatic carbocycles. The van der Waals surface area contributed by atoms with Crippen LogP contribution in [-0.4, -0.2) is 39.0 Å². The Morgan fingerprint density at radius 2 is 2.05 bits per heavy atom. The third-order valence-corrected chi connectivity index (χ3v) is 5.26. The molecule has 1 unspecified atom stereocenters. The van der Waals surface area contributed by atoms with E-state index >= 15 is 0 Å². The Balaban J connectivity index is 2.51. The molecule has 19 heavy (non-hydrogen) atoms. The van der Waals surface area contributed by atoms with Crippen LogP contribution < -0.4 is 10.5 Å². The SMILES string of the molecule is COc1c(C)cc(C)cc1S(=O)(=O)N1CCC(N)C1. The molecule has 1 atom stereocenters. The lowest BCUT2D eigenvalue weighted by Gasteiger charge is -2.19. The molecule has 2 N–H and O–H groups in total. The maximum Gasteiger partial charge on any atom is 0.246 e. The van der Waals surface area contributed by atoms with Gasteiger partial charge in [0, 0.05) is 19.1 Å². The first kappa shape index (κ1) is 14.3. The average molecular weight is 284 g/mol. The van der Waals surface area contributed by atoms with Gasteiger partial charge in [0.25, 0.3) is 0 Å². The number of hydrogen-bond acceptors (Lipinski definition) is 4. The van der Waals surface area contributed by atoms with E-state index in [0.717, 1.165) is 11.1 Å². The van der Waals surface area contributed by atoms with Crippen molar-refractivity contribution in [2.45, 2.75) is 31.2 Å². The molecule has 1 heterocycles. The molecule has 1 aliphatic heterocycles. The van der Waals surface area contributed by atoms with Gasteiger partial charge in [-0.2, -0.15) is 4.31 Å². The number of benzene rings is 1. The number of nitrogens with two attached hydrogens (primary N) is 1.